The first-order valence-electron chi connectivity index (χ1n) is 7.22. The summed E-state index contributed by atoms with van der Waals surface area (Å²) in [5, 5.41) is 6.15. The Morgan fingerprint density at radius 3 is 2.89 bits per heavy atom. The molecule has 1 atom stereocenters. The number of hydrogen-bond acceptors (Lipinski definition) is 4. The van der Waals surface area contributed by atoms with Gasteiger partial charge in [-0.05, 0) is 25.9 Å². The zero-order valence-corrected chi connectivity index (χ0v) is 11.7. The van der Waals surface area contributed by atoms with Gasteiger partial charge in [0.05, 0.1) is 6.54 Å². The van der Waals surface area contributed by atoms with E-state index < -0.39 is 0 Å². The summed E-state index contributed by atoms with van der Waals surface area (Å²) in [7, 11) is 0. The number of nitrogens with zero attached hydrogens (tertiary/aromatic N) is 2. The van der Waals surface area contributed by atoms with E-state index in [1.807, 2.05) is 6.92 Å². The molecule has 0 aliphatic carbocycles. The predicted molar refractivity (Wildman–Crippen MR) is 72.7 cm³/mol. The Morgan fingerprint density at radius 1 is 1.26 bits per heavy atom. The number of hydrogen-bond donors (Lipinski definition) is 2. The van der Waals surface area contributed by atoms with Crippen molar-refractivity contribution in [2.45, 2.75) is 25.8 Å². The minimum Gasteiger partial charge on any atom is -0.353 e. The molecule has 2 rings (SSSR count). The number of nitrogens with one attached hydrogen (secondary N) is 2. The van der Waals surface area contributed by atoms with Crippen LogP contribution in [-0.2, 0) is 9.59 Å². The molecule has 2 heterocycles. The summed E-state index contributed by atoms with van der Waals surface area (Å²) >= 11 is 0. The van der Waals surface area contributed by atoms with Gasteiger partial charge in [0.1, 0.15) is 6.04 Å². The number of piperazine rings is 1. The van der Waals surface area contributed by atoms with Gasteiger partial charge in [0.25, 0.3) is 0 Å². The minimum atomic E-state index is -0.286. The van der Waals surface area contributed by atoms with E-state index in [1.54, 1.807) is 4.90 Å². The third kappa shape index (κ3) is 3.67. The summed E-state index contributed by atoms with van der Waals surface area (Å²) in [6.07, 6.45) is 1.75. The Kier molecular flexibility index (Phi) is 5.15. The first-order chi connectivity index (χ1) is 9.22. The van der Waals surface area contributed by atoms with Crippen LogP contribution < -0.4 is 10.6 Å². The Morgan fingerprint density at radius 2 is 2.11 bits per heavy atom. The van der Waals surface area contributed by atoms with Crippen LogP contribution in [-0.4, -0.2) is 73.5 Å². The van der Waals surface area contributed by atoms with Crippen LogP contribution in [0.1, 0.15) is 19.8 Å². The third-order valence-corrected chi connectivity index (χ3v) is 3.83. The highest BCUT2D eigenvalue weighted by Gasteiger charge is 2.32. The van der Waals surface area contributed by atoms with Crippen LogP contribution >= 0.6 is 0 Å². The smallest absolute Gasteiger partial charge is 0.242 e. The van der Waals surface area contributed by atoms with Crippen molar-refractivity contribution >= 4 is 11.8 Å². The SMILES string of the molecule is CCC1C(=O)NCCN1C(=O)CN1CCCNCC1. The summed E-state index contributed by atoms with van der Waals surface area (Å²) in [5.74, 6) is 0.0724. The van der Waals surface area contributed by atoms with Crippen molar-refractivity contribution in [2.75, 3.05) is 45.8 Å². The van der Waals surface area contributed by atoms with Gasteiger partial charge in [-0.3, -0.25) is 14.5 Å². The lowest BCUT2D eigenvalue weighted by molar-refractivity contribution is -0.144. The molecule has 0 spiro atoms. The van der Waals surface area contributed by atoms with Crippen LogP contribution in [0.2, 0.25) is 0 Å². The Bertz CT molecular complexity index is 327. The van der Waals surface area contributed by atoms with Gasteiger partial charge >= 0.3 is 0 Å². The fourth-order valence-corrected chi connectivity index (χ4v) is 2.76. The molecular weight excluding hydrogens is 244 g/mol. The molecule has 2 N–H and O–H groups in total. The van der Waals surface area contributed by atoms with Crippen LogP contribution in [0.25, 0.3) is 0 Å². The highest BCUT2D eigenvalue weighted by Crippen LogP contribution is 2.09. The van der Waals surface area contributed by atoms with Gasteiger partial charge in [-0.15, -0.1) is 0 Å². The molecule has 2 amide bonds. The van der Waals surface area contributed by atoms with Gasteiger partial charge in [0.15, 0.2) is 0 Å². The number of rotatable bonds is 3. The molecule has 2 fully saturated rings. The van der Waals surface area contributed by atoms with E-state index in [-0.39, 0.29) is 17.9 Å². The minimum absolute atomic E-state index is 0.0142. The maximum absolute atomic E-state index is 12.4. The lowest BCUT2D eigenvalue weighted by Crippen LogP contribution is -2.58. The fraction of sp³-hybridized carbons (Fsp3) is 0.846. The largest absolute Gasteiger partial charge is 0.353 e. The van der Waals surface area contributed by atoms with Crippen LogP contribution in [0.4, 0.5) is 0 Å². The van der Waals surface area contributed by atoms with Gasteiger partial charge in [-0.1, -0.05) is 6.92 Å². The Balaban J connectivity index is 1.91. The zero-order valence-electron chi connectivity index (χ0n) is 11.7. The maximum Gasteiger partial charge on any atom is 0.242 e. The summed E-state index contributed by atoms with van der Waals surface area (Å²) < 4.78 is 0. The second-order valence-electron chi connectivity index (χ2n) is 5.18. The van der Waals surface area contributed by atoms with E-state index in [4.69, 9.17) is 0 Å². The summed E-state index contributed by atoms with van der Waals surface area (Å²) in [6.45, 7) is 7.41. The van der Waals surface area contributed by atoms with E-state index in [2.05, 4.69) is 15.5 Å². The quantitative estimate of drug-likeness (QED) is 0.690. The zero-order chi connectivity index (χ0) is 13.7. The molecule has 0 bridgehead atoms. The predicted octanol–water partition coefficient (Wildman–Crippen LogP) is -0.981. The molecule has 19 heavy (non-hydrogen) atoms. The molecule has 0 radical (unpaired) electrons. The molecule has 0 aromatic rings. The standard InChI is InChI=1S/C13H24N4O2/c1-2-11-13(19)15-6-9-17(11)12(18)10-16-7-3-4-14-5-8-16/h11,14H,2-10H2,1H3,(H,15,19). The number of carbonyl (C=O) groups is 2. The summed E-state index contributed by atoms with van der Waals surface area (Å²) in [6, 6.07) is -0.286. The highest BCUT2D eigenvalue weighted by molar-refractivity contribution is 5.89. The van der Waals surface area contributed by atoms with E-state index in [0.717, 1.165) is 32.6 Å². The molecule has 108 valence electrons. The highest BCUT2D eigenvalue weighted by atomic mass is 16.2. The topological polar surface area (TPSA) is 64.7 Å². The Labute approximate surface area is 114 Å². The van der Waals surface area contributed by atoms with Crippen molar-refractivity contribution in [1.29, 1.82) is 0 Å². The molecule has 6 heteroatoms. The maximum atomic E-state index is 12.4. The number of carbonyl (C=O) groups excluding carboxylic acids is 2. The van der Waals surface area contributed by atoms with Gasteiger partial charge in [0, 0.05) is 26.2 Å². The van der Waals surface area contributed by atoms with Crippen LogP contribution in [0.15, 0.2) is 0 Å². The second kappa shape index (κ2) is 6.86. The second-order valence-corrected chi connectivity index (χ2v) is 5.18. The fourth-order valence-electron chi connectivity index (χ4n) is 2.76. The van der Waals surface area contributed by atoms with Crippen molar-refractivity contribution in [3.63, 3.8) is 0 Å². The summed E-state index contributed by atoms with van der Waals surface area (Å²) in [5.41, 5.74) is 0. The third-order valence-electron chi connectivity index (χ3n) is 3.83. The molecular formula is C13H24N4O2. The average Bonchev–Trinajstić information content (AvgIpc) is 2.67. The van der Waals surface area contributed by atoms with Gasteiger partial charge in [0.2, 0.25) is 11.8 Å². The molecule has 2 aliphatic rings. The van der Waals surface area contributed by atoms with Crippen LogP contribution in [0, 0.1) is 0 Å². The molecule has 6 nitrogen and oxygen atoms in total. The van der Waals surface area contributed by atoms with Gasteiger partial charge < -0.3 is 15.5 Å². The molecule has 2 aliphatic heterocycles. The molecule has 1 unspecified atom stereocenters. The lowest BCUT2D eigenvalue weighted by atomic mass is 10.1. The first kappa shape index (κ1) is 14.3. The molecule has 0 aromatic heterocycles. The number of amides is 2. The summed E-state index contributed by atoms with van der Waals surface area (Å²) in [4.78, 5) is 28.1. The van der Waals surface area contributed by atoms with Crippen molar-refractivity contribution in [3.05, 3.63) is 0 Å². The van der Waals surface area contributed by atoms with Gasteiger partial charge in [-0.2, -0.15) is 0 Å². The van der Waals surface area contributed by atoms with E-state index in [9.17, 15) is 9.59 Å². The van der Waals surface area contributed by atoms with Gasteiger partial charge in [-0.25, -0.2) is 0 Å². The normalized spacial score (nSPS) is 25.8. The Hall–Kier alpha value is -1.14. The molecule has 0 saturated carbocycles. The van der Waals surface area contributed by atoms with Crippen LogP contribution in [0.5, 0.6) is 0 Å². The van der Waals surface area contributed by atoms with Crippen molar-refractivity contribution < 1.29 is 9.59 Å². The van der Waals surface area contributed by atoms with E-state index in [1.165, 1.54) is 0 Å². The average molecular weight is 268 g/mol. The molecule has 0 aromatic carbocycles. The molecule has 2 saturated heterocycles. The van der Waals surface area contributed by atoms with Crippen LogP contribution in [0.3, 0.4) is 0 Å². The lowest BCUT2D eigenvalue weighted by Gasteiger charge is -2.35. The first-order valence-corrected chi connectivity index (χ1v) is 7.22. The van der Waals surface area contributed by atoms with Crippen molar-refractivity contribution in [3.8, 4) is 0 Å². The van der Waals surface area contributed by atoms with E-state index in [0.29, 0.717) is 26.1 Å². The monoisotopic (exact) mass is 268 g/mol. The van der Waals surface area contributed by atoms with E-state index >= 15 is 0 Å². The van der Waals surface area contributed by atoms with Crippen molar-refractivity contribution in [1.82, 2.24) is 20.4 Å². The van der Waals surface area contributed by atoms with Crippen molar-refractivity contribution in [2.24, 2.45) is 0 Å².